The first-order valence-corrected chi connectivity index (χ1v) is 13.3. The van der Waals surface area contributed by atoms with Crippen LogP contribution in [0.15, 0.2) is 48.5 Å². The summed E-state index contributed by atoms with van der Waals surface area (Å²) in [5.41, 5.74) is 3.82. The highest BCUT2D eigenvalue weighted by Crippen LogP contribution is 2.23. The number of carbonyl (C=O) groups excluding carboxylic acids is 1. The van der Waals surface area contributed by atoms with Crippen molar-refractivity contribution in [3.8, 4) is 0 Å². The molecule has 32 heavy (non-hydrogen) atoms. The van der Waals surface area contributed by atoms with Crippen molar-refractivity contribution in [1.82, 2.24) is 10.2 Å². The van der Waals surface area contributed by atoms with Crippen LogP contribution in [-0.4, -0.2) is 44.6 Å². The molecule has 0 radical (unpaired) electrons. The molecule has 7 heteroatoms. The SMILES string of the molecule is CC[C@H](C(=O)NCc1ccccc1CN1CCCCC1)N(c1ccc(C)cc1)S(C)(=O)=O. The molecule has 174 valence electrons. The molecule has 6 nitrogen and oxygen atoms in total. The van der Waals surface area contributed by atoms with Gasteiger partial charge >= 0.3 is 0 Å². The van der Waals surface area contributed by atoms with Crippen LogP contribution in [0, 0.1) is 6.92 Å². The van der Waals surface area contributed by atoms with Gasteiger partial charge in [-0.1, -0.05) is 55.3 Å². The average Bonchev–Trinajstić information content (AvgIpc) is 2.77. The summed E-state index contributed by atoms with van der Waals surface area (Å²) in [6.07, 6.45) is 5.29. The average molecular weight is 458 g/mol. The van der Waals surface area contributed by atoms with E-state index >= 15 is 0 Å². The molecule has 1 saturated heterocycles. The first kappa shape index (κ1) is 24.3. The zero-order valence-corrected chi connectivity index (χ0v) is 20.2. The maximum Gasteiger partial charge on any atom is 0.244 e. The summed E-state index contributed by atoms with van der Waals surface area (Å²) in [6, 6.07) is 14.6. The highest BCUT2D eigenvalue weighted by Gasteiger charge is 2.31. The Morgan fingerprint density at radius 2 is 1.66 bits per heavy atom. The van der Waals surface area contributed by atoms with Crippen LogP contribution in [-0.2, 0) is 27.9 Å². The molecule has 1 aliphatic heterocycles. The van der Waals surface area contributed by atoms with Gasteiger partial charge in [0.05, 0.1) is 11.9 Å². The fourth-order valence-corrected chi connectivity index (χ4v) is 5.51. The number of likely N-dealkylation sites (tertiary alicyclic amines) is 1. The number of hydrogen-bond acceptors (Lipinski definition) is 4. The summed E-state index contributed by atoms with van der Waals surface area (Å²) in [5.74, 6) is -0.286. The molecule has 2 aromatic rings. The van der Waals surface area contributed by atoms with Crippen molar-refractivity contribution in [3.63, 3.8) is 0 Å². The van der Waals surface area contributed by atoms with Crippen molar-refractivity contribution in [2.75, 3.05) is 23.7 Å². The van der Waals surface area contributed by atoms with Crippen molar-refractivity contribution in [2.45, 2.75) is 58.7 Å². The number of sulfonamides is 1. The molecule has 3 rings (SSSR count). The Hall–Kier alpha value is -2.38. The lowest BCUT2D eigenvalue weighted by atomic mass is 10.0. The lowest BCUT2D eigenvalue weighted by Gasteiger charge is -2.30. The number of nitrogens with zero attached hydrogens (tertiary/aromatic N) is 2. The summed E-state index contributed by atoms with van der Waals surface area (Å²) >= 11 is 0. The van der Waals surface area contributed by atoms with Crippen LogP contribution in [0.3, 0.4) is 0 Å². The highest BCUT2D eigenvalue weighted by atomic mass is 32.2. The molecule has 1 fully saturated rings. The molecular weight excluding hydrogens is 422 g/mol. The van der Waals surface area contributed by atoms with Crippen molar-refractivity contribution in [2.24, 2.45) is 0 Å². The van der Waals surface area contributed by atoms with E-state index in [0.29, 0.717) is 18.7 Å². The number of hydrogen-bond donors (Lipinski definition) is 1. The normalized spacial score (nSPS) is 15.8. The van der Waals surface area contributed by atoms with Crippen LogP contribution in [0.1, 0.15) is 49.3 Å². The topological polar surface area (TPSA) is 69.7 Å². The summed E-state index contributed by atoms with van der Waals surface area (Å²) in [4.78, 5) is 15.6. The number of benzene rings is 2. The van der Waals surface area contributed by atoms with Crippen LogP contribution in [0.4, 0.5) is 5.69 Å². The summed E-state index contributed by atoms with van der Waals surface area (Å²) in [7, 11) is -3.63. The predicted molar refractivity (Wildman–Crippen MR) is 130 cm³/mol. The molecule has 0 bridgehead atoms. The molecule has 1 amide bonds. The van der Waals surface area contributed by atoms with Gasteiger partial charge in [-0.2, -0.15) is 0 Å². The second-order valence-electron chi connectivity index (χ2n) is 8.64. The zero-order valence-electron chi connectivity index (χ0n) is 19.4. The lowest BCUT2D eigenvalue weighted by Crippen LogP contribution is -2.49. The lowest BCUT2D eigenvalue weighted by molar-refractivity contribution is -0.122. The number of carbonyl (C=O) groups is 1. The van der Waals surface area contributed by atoms with E-state index in [4.69, 9.17) is 0 Å². The van der Waals surface area contributed by atoms with Gasteiger partial charge < -0.3 is 5.32 Å². The number of anilines is 1. The molecule has 1 N–H and O–H groups in total. The summed E-state index contributed by atoms with van der Waals surface area (Å²) in [5, 5.41) is 3.00. The van der Waals surface area contributed by atoms with Gasteiger partial charge in [0.15, 0.2) is 0 Å². The predicted octanol–water partition coefficient (Wildman–Crippen LogP) is 3.84. The maximum absolute atomic E-state index is 13.1. The van der Waals surface area contributed by atoms with Crippen LogP contribution >= 0.6 is 0 Å². The second-order valence-corrected chi connectivity index (χ2v) is 10.5. The van der Waals surface area contributed by atoms with Gasteiger partial charge in [0.1, 0.15) is 6.04 Å². The van der Waals surface area contributed by atoms with Crippen molar-refractivity contribution < 1.29 is 13.2 Å². The van der Waals surface area contributed by atoms with Crippen molar-refractivity contribution in [1.29, 1.82) is 0 Å². The fraction of sp³-hybridized carbons (Fsp3) is 0.480. The molecule has 1 heterocycles. The van der Waals surface area contributed by atoms with Crippen LogP contribution in [0.25, 0.3) is 0 Å². The van der Waals surface area contributed by atoms with E-state index in [2.05, 4.69) is 16.3 Å². The standard InChI is InChI=1S/C25H35N3O3S/c1-4-24(28(32(3,30)31)23-14-12-20(2)13-15-23)25(29)26-18-21-10-6-7-11-22(21)19-27-16-8-5-9-17-27/h6-7,10-15,24H,4-5,8-9,16-19H2,1-3H3,(H,26,29)/t24-/m1/s1. The zero-order chi connectivity index (χ0) is 23.1. The Morgan fingerprint density at radius 1 is 1.03 bits per heavy atom. The van der Waals surface area contributed by atoms with Crippen molar-refractivity contribution >= 4 is 21.6 Å². The van der Waals surface area contributed by atoms with E-state index in [1.807, 2.05) is 44.2 Å². The quantitative estimate of drug-likeness (QED) is 0.621. The van der Waals surface area contributed by atoms with Crippen molar-refractivity contribution in [3.05, 3.63) is 65.2 Å². The van der Waals surface area contributed by atoms with Crippen LogP contribution < -0.4 is 9.62 Å². The number of aryl methyl sites for hydroxylation is 1. The Labute approximate surface area is 192 Å². The van der Waals surface area contributed by atoms with E-state index in [1.54, 1.807) is 12.1 Å². The molecule has 1 aliphatic rings. The Balaban J connectivity index is 1.74. The molecule has 0 unspecified atom stereocenters. The molecular formula is C25H35N3O3S. The molecule has 0 aromatic heterocycles. The van der Waals surface area contributed by atoms with Gasteiger partial charge in [-0.25, -0.2) is 8.42 Å². The highest BCUT2D eigenvalue weighted by molar-refractivity contribution is 7.92. The third-order valence-electron chi connectivity index (χ3n) is 6.03. The number of nitrogens with one attached hydrogen (secondary N) is 1. The van der Waals surface area contributed by atoms with Crippen LogP contribution in [0.5, 0.6) is 0 Å². The van der Waals surface area contributed by atoms with Gasteiger partial charge in [0.2, 0.25) is 15.9 Å². The van der Waals surface area contributed by atoms with Gasteiger partial charge in [0.25, 0.3) is 0 Å². The number of rotatable bonds is 9. The second kappa shape index (κ2) is 11.0. The summed E-state index contributed by atoms with van der Waals surface area (Å²) in [6.45, 7) is 7.25. The van der Waals surface area contributed by atoms with E-state index in [0.717, 1.165) is 37.0 Å². The molecule has 0 spiro atoms. The van der Waals surface area contributed by atoms with Gasteiger partial charge in [0, 0.05) is 13.1 Å². The number of piperidine rings is 1. The maximum atomic E-state index is 13.1. The molecule has 2 aromatic carbocycles. The smallest absolute Gasteiger partial charge is 0.244 e. The summed E-state index contributed by atoms with van der Waals surface area (Å²) < 4.78 is 26.5. The molecule has 1 atom stereocenters. The minimum atomic E-state index is -3.63. The number of amides is 1. The van der Waals surface area contributed by atoms with E-state index in [-0.39, 0.29) is 5.91 Å². The van der Waals surface area contributed by atoms with Gasteiger partial charge in [-0.3, -0.25) is 14.0 Å². The molecule has 0 aliphatic carbocycles. The first-order chi connectivity index (χ1) is 15.3. The third kappa shape index (κ3) is 6.33. The minimum absolute atomic E-state index is 0.286. The fourth-order valence-electron chi connectivity index (χ4n) is 4.29. The van der Waals surface area contributed by atoms with E-state index < -0.39 is 16.1 Å². The minimum Gasteiger partial charge on any atom is -0.350 e. The Kier molecular flexibility index (Phi) is 8.32. The largest absolute Gasteiger partial charge is 0.350 e. The molecule has 0 saturated carbocycles. The monoisotopic (exact) mass is 457 g/mol. The third-order valence-corrected chi connectivity index (χ3v) is 7.21. The Bertz CT molecular complexity index is 999. The van der Waals surface area contributed by atoms with E-state index in [9.17, 15) is 13.2 Å². The Morgan fingerprint density at radius 3 is 2.25 bits per heavy atom. The van der Waals surface area contributed by atoms with E-state index in [1.165, 1.54) is 29.1 Å². The van der Waals surface area contributed by atoms with Crippen LogP contribution in [0.2, 0.25) is 0 Å². The van der Waals surface area contributed by atoms with Gasteiger partial charge in [-0.05, 0) is 62.5 Å². The first-order valence-electron chi connectivity index (χ1n) is 11.4. The van der Waals surface area contributed by atoms with Gasteiger partial charge in [-0.15, -0.1) is 0 Å².